The fraction of sp³-hybridized carbons (Fsp3) is 0.500. The van der Waals surface area contributed by atoms with E-state index in [4.69, 9.17) is 11.6 Å². The summed E-state index contributed by atoms with van der Waals surface area (Å²) >= 11 is 5.86. The van der Waals surface area contributed by atoms with Crippen molar-refractivity contribution >= 4 is 17.5 Å². The quantitative estimate of drug-likeness (QED) is 0.802. The third-order valence-corrected chi connectivity index (χ3v) is 3.36. The predicted octanol–water partition coefficient (Wildman–Crippen LogP) is 1.51. The zero-order valence-corrected chi connectivity index (χ0v) is 10.8. The molecule has 1 atom stereocenters. The first-order valence-electron chi connectivity index (χ1n) is 5.65. The van der Waals surface area contributed by atoms with Crippen LogP contribution < -0.4 is 0 Å². The van der Waals surface area contributed by atoms with Gasteiger partial charge in [0.2, 0.25) is 0 Å². The van der Waals surface area contributed by atoms with Crippen LogP contribution in [0, 0.1) is 0 Å². The maximum Gasteiger partial charge on any atom is 0.272 e. The highest BCUT2D eigenvalue weighted by atomic mass is 35.5. The van der Waals surface area contributed by atoms with Crippen molar-refractivity contribution in [2.75, 3.05) is 27.2 Å². The van der Waals surface area contributed by atoms with Crippen LogP contribution in [-0.2, 0) is 0 Å². The number of hydrogen-bond acceptors (Lipinski definition) is 3. The highest BCUT2D eigenvalue weighted by Gasteiger charge is 2.28. The summed E-state index contributed by atoms with van der Waals surface area (Å²) in [5, 5.41) is 0.548. The number of carbonyl (C=O) groups is 1. The molecule has 4 nitrogen and oxygen atoms in total. The van der Waals surface area contributed by atoms with Crippen molar-refractivity contribution in [1.82, 2.24) is 14.8 Å². The maximum atomic E-state index is 12.2. The first-order chi connectivity index (χ1) is 8.08. The minimum Gasteiger partial charge on any atom is -0.336 e. The van der Waals surface area contributed by atoms with E-state index in [9.17, 15) is 4.79 Å². The number of pyridine rings is 1. The second-order valence-electron chi connectivity index (χ2n) is 4.52. The normalized spacial score (nSPS) is 20.0. The molecule has 2 rings (SSSR count). The molecule has 1 aliphatic rings. The molecule has 17 heavy (non-hydrogen) atoms. The molecule has 0 aliphatic carbocycles. The van der Waals surface area contributed by atoms with Crippen LogP contribution in [-0.4, -0.2) is 53.9 Å². The molecule has 2 heterocycles. The summed E-state index contributed by atoms with van der Waals surface area (Å²) in [6, 6.07) is 3.73. The number of halogens is 1. The average molecular weight is 254 g/mol. The number of likely N-dealkylation sites (tertiary alicyclic amines) is 1. The fourth-order valence-corrected chi connectivity index (χ4v) is 2.19. The predicted molar refractivity (Wildman–Crippen MR) is 67.2 cm³/mol. The molecule has 0 bridgehead atoms. The zero-order chi connectivity index (χ0) is 12.4. The molecule has 0 radical (unpaired) electrons. The van der Waals surface area contributed by atoms with Crippen molar-refractivity contribution in [2.45, 2.75) is 12.5 Å². The van der Waals surface area contributed by atoms with Gasteiger partial charge in [0.25, 0.3) is 5.91 Å². The standard InChI is InChI=1S/C12H16ClN3O/c1-15(2)10-4-6-16(8-10)12(17)11-7-9(13)3-5-14-11/h3,5,7,10H,4,6,8H2,1-2H3. The summed E-state index contributed by atoms with van der Waals surface area (Å²) in [6.07, 6.45) is 2.58. The van der Waals surface area contributed by atoms with Gasteiger partial charge in [0.1, 0.15) is 5.69 Å². The molecule has 1 aromatic heterocycles. The molecular weight excluding hydrogens is 238 g/mol. The van der Waals surface area contributed by atoms with Gasteiger partial charge in [0.15, 0.2) is 0 Å². The van der Waals surface area contributed by atoms with Gasteiger partial charge in [-0.15, -0.1) is 0 Å². The highest BCUT2D eigenvalue weighted by Crippen LogP contribution is 2.17. The van der Waals surface area contributed by atoms with E-state index >= 15 is 0 Å². The second-order valence-corrected chi connectivity index (χ2v) is 4.95. The Morgan fingerprint density at radius 3 is 2.94 bits per heavy atom. The molecule has 0 aromatic carbocycles. The number of rotatable bonds is 2. The van der Waals surface area contributed by atoms with Gasteiger partial charge in [-0.25, -0.2) is 0 Å². The van der Waals surface area contributed by atoms with Crippen molar-refractivity contribution in [3.05, 3.63) is 29.0 Å². The van der Waals surface area contributed by atoms with Gasteiger partial charge in [-0.2, -0.15) is 0 Å². The number of likely N-dealkylation sites (N-methyl/N-ethyl adjacent to an activating group) is 1. The Morgan fingerprint density at radius 1 is 1.59 bits per heavy atom. The first-order valence-corrected chi connectivity index (χ1v) is 6.03. The molecule has 1 aromatic rings. The number of aromatic nitrogens is 1. The Morgan fingerprint density at radius 2 is 2.35 bits per heavy atom. The molecule has 1 amide bonds. The van der Waals surface area contributed by atoms with Crippen molar-refractivity contribution in [1.29, 1.82) is 0 Å². The summed E-state index contributed by atoms with van der Waals surface area (Å²) < 4.78 is 0. The molecule has 0 N–H and O–H groups in total. The third-order valence-electron chi connectivity index (χ3n) is 3.12. The number of carbonyl (C=O) groups excluding carboxylic acids is 1. The summed E-state index contributed by atoms with van der Waals surface area (Å²) in [5.41, 5.74) is 0.428. The molecule has 0 spiro atoms. The molecule has 1 saturated heterocycles. The molecule has 1 aliphatic heterocycles. The lowest BCUT2D eigenvalue weighted by Crippen LogP contribution is -2.34. The van der Waals surface area contributed by atoms with E-state index in [1.807, 2.05) is 19.0 Å². The van der Waals surface area contributed by atoms with Crippen LogP contribution in [0.2, 0.25) is 5.02 Å². The summed E-state index contributed by atoms with van der Waals surface area (Å²) in [4.78, 5) is 20.2. The Kier molecular flexibility index (Phi) is 3.64. The second kappa shape index (κ2) is 5.02. The van der Waals surface area contributed by atoms with E-state index in [0.717, 1.165) is 19.5 Å². The highest BCUT2D eigenvalue weighted by molar-refractivity contribution is 6.30. The van der Waals surface area contributed by atoms with E-state index in [-0.39, 0.29) is 5.91 Å². The number of amides is 1. The molecule has 92 valence electrons. The number of hydrogen-bond donors (Lipinski definition) is 0. The monoisotopic (exact) mass is 253 g/mol. The van der Waals surface area contributed by atoms with E-state index in [0.29, 0.717) is 16.8 Å². The van der Waals surface area contributed by atoms with Gasteiger partial charge in [0.05, 0.1) is 0 Å². The van der Waals surface area contributed by atoms with Crippen LogP contribution in [0.5, 0.6) is 0 Å². The number of nitrogens with zero attached hydrogens (tertiary/aromatic N) is 3. The molecular formula is C12H16ClN3O. The van der Waals surface area contributed by atoms with E-state index in [1.54, 1.807) is 18.3 Å². The lowest BCUT2D eigenvalue weighted by atomic mass is 10.2. The van der Waals surface area contributed by atoms with Crippen LogP contribution in [0.3, 0.4) is 0 Å². The van der Waals surface area contributed by atoms with Gasteiger partial charge in [-0.3, -0.25) is 9.78 Å². The summed E-state index contributed by atoms with van der Waals surface area (Å²) in [6.45, 7) is 1.55. The smallest absolute Gasteiger partial charge is 0.272 e. The SMILES string of the molecule is CN(C)C1CCN(C(=O)c2cc(Cl)ccn2)C1. The summed E-state index contributed by atoms with van der Waals surface area (Å²) in [5.74, 6) is -0.0307. The largest absolute Gasteiger partial charge is 0.336 e. The van der Waals surface area contributed by atoms with Crippen molar-refractivity contribution in [2.24, 2.45) is 0 Å². The van der Waals surface area contributed by atoms with Crippen LogP contribution >= 0.6 is 11.6 Å². The third kappa shape index (κ3) is 2.76. The van der Waals surface area contributed by atoms with Gasteiger partial charge >= 0.3 is 0 Å². The van der Waals surface area contributed by atoms with Gasteiger partial charge in [0, 0.05) is 30.4 Å². The van der Waals surface area contributed by atoms with E-state index in [2.05, 4.69) is 9.88 Å². The minimum absolute atomic E-state index is 0.0307. The molecule has 1 fully saturated rings. The van der Waals surface area contributed by atoms with Crippen molar-refractivity contribution < 1.29 is 4.79 Å². The lowest BCUT2D eigenvalue weighted by Gasteiger charge is -2.20. The van der Waals surface area contributed by atoms with Gasteiger partial charge in [-0.1, -0.05) is 11.6 Å². The van der Waals surface area contributed by atoms with Crippen LogP contribution in [0.1, 0.15) is 16.9 Å². The Bertz CT molecular complexity index is 422. The molecule has 5 heteroatoms. The average Bonchev–Trinajstić information content (AvgIpc) is 2.77. The zero-order valence-electron chi connectivity index (χ0n) is 10.1. The topological polar surface area (TPSA) is 36.4 Å². The van der Waals surface area contributed by atoms with E-state index < -0.39 is 0 Å². The first kappa shape index (κ1) is 12.3. The molecule has 0 saturated carbocycles. The summed E-state index contributed by atoms with van der Waals surface area (Å²) in [7, 11) is 4.08. The van der Waals surface area contributed by atoms with Crippen LogP contribution in [0.15, 0.2) is 18.3 Å². The minimum atomic E-state index is -0.0307. The fourth-order valence-electron chi connectivity index (χ4n) is 2.03. The van der Waals surface area contributed by atoms with Crippen LogP contribution in [0.25, 0.3) is 0 Å². The Hall–Kier alpha value is -1.13. The van der Waals surface area contributed by atoms with Gasteiger partial charge < -0.3 is 9.80 Å². The van der Waals surface area contributed by atoms with Gasteiger partial charge in [-0.05, 0) is 32.6 Å². The maximum absolute atomic E-state index is 12.2. The Labute approximate surface area is 106 Å². The van der Waals surface area contributed by atoms with Crippen molar-refractivity contribution in [3.8, 4) is 0 Å². The lowest BCUT2D eigenvalue weighted by molar-refractivity contribution is 0.0777. The van der Waals surface area contributed by atoms with Crippen LogP contribution in [0.4, 0.5) is 0 Å². The molecule has 1 unspecified atom stereocenters. The van der Waals surface area contributed by atoms with E-state index in [1.165, 1.54) is 0 Å². The Balaban J connectivity index is 2.07. The van der Waals surface area contributed by atoms with Crippen molar-refractivity contribution in [3.63, 3.8) is 0 Å².